The highest BCUT2D eigenvalue weighted by atomic mass is 32.1. The number of amides is 1. The standard InChI is InChI=1S/C9H14N4OS/c1-12-4-5-13(9(14)6-12)3-2-8-10-7-15-11-8/h7H,2-6H2,1H3. The van der Waals surface area contributed by atoms with Crippen LogP contribution in [0.3, 0.4) is 0 Å². The largest absolute Gasteiger partial charge is 0.340 e. The minimum atomic E-state index is 0.207. The molecule has 1 saturated heterocycles. The number of likely N-dealkylation sites (N-methyl/N-ethyl adjacent to an activating group) is 1. The Morgan fingerprint density at radius 1 is 1.53 bits per heavy atom. The van der Waals surface area contributed by atoms with Gasteiger partial charge in [0.05, 0.1) is 6.54 Å². The molecule has 0 aromatic carbocycles. The minimum absolute atomic E-state index is 0.207. The van der Waals surface area contributed by atoms with Crippen molar-refractivity contribution < 1.29 is 4.79 Å². The number of nitrogens with zero attached hydrogens (tertiary/aromatic N) is 4. The lowest BCUT2D eigenvalue weighted by Crippen LogP contribution is -2.49. The first-order valence-corrected chi connectivity index (χ1v) is 5.81. The van der Waals surface area contributed by atoms with Crippen LogP contribution in [0.2, 0.25) is 0 Å². The van der Waals surface area contributed by atoms with Crippen molar-refractivity contribution in [3.05, 3.63) is 11.3 Å². The number of hydrogen-bond donors (Lipinski definition) is 0. The van der Waals surface area contributed by atoms with Crippen LogP contribution in [0.4, 0.5) is 0 Å². The van der Waals surface area contributed by atoms with Gasteiger partial charge < -0.3 is 4.90 Å². The molecule has 1 amide bonds. The van der Waals surface area contributed by atoms with Gasteiger partial charge in [-0.25, -0.2) is 4.98 Å². The van der Waals surface area contributed by atoms with Gasteiger partial charge in [0.15, 0.2) is 0 Å². The van der Waals surface area contributed by atoms with E-state index in [0.29, 0.717) is 6.54 Å². The molecule has 15 heavy (non-hydrogen) atoms. The molecule has 1 aromatic rings. The summed E-state index contributed by atoms with van der Waals surface area (Å²) in [5, 5.41) is 0. The molecular weight excluding hydrogens is 212 g/mol. The van der Waals surface area contributed by atoms with E-state index in [9.17, 15) is 4.79 Å². The third kappa shape index (κ3) is 2.73. The molecule has 2 heterocycles. The van der Waals surface area contributed by atoms with Crippen molar-refractivity contribution in [3.8, 4) is 0 Å². The van der Waals surface area contributed by atoms with Gasteiger partial charge in [-0.1, -0.05) is 0 Å². The molecule has 0 N–H and O–H groups in total. The van der Waals surface area contributed by atoms with Crippen LogP contribution in [0.1, 0.15) is 5.82 Å². The zero-order valence-electron chi connectivity index (χ0n) is 8.72. The maximum absolute atomic E-state index is 11.6. The van der Waals surface area contributed by atoms with Gasteiger partial charge in [0, 0.05) is 26.1 Å². The van der Waals surface area contributed by atoms with Crippen LogP contribution in [0.15, 0.2) is 5.51 Å². The maximum Gasteiger partial charge on any atom is 0.236 e. The summed E-state index contributed by atoms with van der Waals surface area (Å²) in [5.41, 5.74) is 1.72. The Morgan fingerprint density at radius 2 is 2.40 bits per heavy atom. The van der Waals surface area contributed by atoms with E-state index in [1.165, 1.54) is 11.5 Å². The topological polar surface area (TPSA) is 49.3 Å². The summed E-state index contributed by atoms with van der Waals surface area (Å²) in [4.78, 5) is 19.6. The van der Waals surface area contributed by atoms with Gasteiger partial charge in [0.2, 0.25) is 5.91 Å². The van der Waals surface area contributed by atoms with Crippen molar-refractivity contribution in [2.75, 3.05) is 33.2 Å². The Morgan fingerprint density at radius 3 is 3.07 bits per heavy atom. The molecule has 1 aliphatic heterocycles. The molecule has 0 saturated carbocycles. The molecule has 0 spiro atoms. The first-order valence-electron chi connectivity index (χ1n) is 4.97. The Kier molecular flexibility index (Phi) is 3.27. The molecule has 6 heteroatoms. The summed E-state index contributed by atoms with van der Waals surface area (Å²) in [5.74, 6) is 1.05. The van der Waals surface area contributed by atoms with E-state index in [1.807, 2.05) is 16.8 Å². The molecule has 1 aromatic heterocycles. The van der Waals surface area contributed by atoms with E-state index in [1.54, 1.807) is 5.51 Å². The first-order chi connectivity index (χ1) is 7.25. The minimum Gasteiger partial charge on any atom is -0.340 e. The van der Waals surface area contributed by atoms with Crippen LogP contribution in [-0.4, -0.2) is 58.3 Å². The van der Waals surface area contributed by atoms with E-state index in [0.717, 1.165) is 31.9 Å². The van der Waals surface area contributed by atoms with Crippen LogP contribution in [-0.2, 0) is 11.2 Å². The molecule has 0 bridgehead atoms. The van der Waals surface area contributed by atoms with Crippen molar-refractivity contribution in [1.82, 2.24) is 19.2 Å². The van der Waals surface area contributed by atoms with Crippen molar-refractivity contribution in [1.29, 1.82) is 0 Å². The smallest absolute Gasteiger partial charge is 0.236 e. The molecule has 0 unspecified atom stereocenters. The van der Waals surface area contributed by atoms with Crippen LogP contribution < -0.4 is 0 Å². The first kappa shape index (κ1) is 10.5. The highest BCUT2D eigenvalue weighted by Crippen LogP contribution is 2.03. The zero-order chi connectivity index (χ0) is 10.7. The maximum atomic E-state index is 11.6. The van der Waals surface area contributed by atoms with Crippen molar-refractivity contribution in [3.63, 3.8) is 0 Å². The monoisotopic (exact) mass is 226 g/mol. The predicted octanol–water partition coefficient (Wildman–Crippen LogP) is -0.145. The molecule has 5 nitrogen and oxygen atoms in total. The Balaban J connectivity index is 1.82. The molecule has 0 atom stereocenters. The van der Waals surface area contributed by atoms with E-state index in [2.05, 4.69) is 9.36 Å². The Labute approximate surface area is 92.9 Å². The fourth-order valence-electron chi connectivity index (χ4n) is 1.60. The number of aromatic nitrogens is 2. The van der Waals surface area contributed by atoms with Gasteiger partial charge in [-0.15, -0.1) is 0 Å². The lowest BCUT2D eigenvalue weighted by atomic mass is 10.3. The molecule has 1 fully saturated rings. The Bertz CT molecular complexity index is 327. The lowest BCUT2D eigenvalue weighted by Gasteiger charge is -2.31. The number of carbonyl (C=O) groups is 1. The van der Waals surface area contributed by atoms with E-state index in [4.69, 9.17) is 0 Å². The SMILES string of the molecule is CN1CCN(CCc2ncsn2)C(=O)C1. The molecule has 2 rings (SSSR count). The summed E-state index contributed by atoms with van der Waals surface area (Å²) in [7, 11) is 1.97. The molecule has 0 radical (unpaired) electrons. The van der Waals surface area contributed by atoms with Crippen molar-refractivity contribution in [2.45, 2.75) is 6.42 Å². The average molecular weight is 226 g/mol. The van der Waals surface area contributed by atoms with Gasteiger partial charge in [-0.2, -0.15) is 4.37 Å². The highest BCUT2D eigenvalue weighted by molar-refractivity contribution is 7.03. The number of rotatable bonds is 3. The second-order valence-electron chi connectivity index (χ2n) is 3.72. The quantitative estimate of drug-likeness (QED) is 0.719. The summed E-state index contributed by atoms with van der Waals surface area (Å²) < 4.78 is 4.12. The fourth-order valence-corrected chi connectivity index (χ4v) is 2.08. The van der Waals surface area contributed by atoms with Crippen molar-refractivity contribution in [2.24, 2.45) is 0 Å². The number of hydrogen-bond acceptors (Lipinski definition) is 5. The van der Waals surface area contributed by atoms with Gasteiger partial charge in [0.25, 0.3) is 0 Å². The average Bonchev–Trinajstić information content (AvgIpc) is 2.69. The van der Waals surface area contributed by atoms with Gasteiger partial charge in [-0.3, -0.25) is 9.69 Å². The third-order valence-corrected chi connectivity index (χ3v) is 3.04. The van der Waals surface area contributed by atoms with E-state index >= 15 is 0 Å². The fraction of sp³-hybridized carbons (Fsp3) is 0.667. The molecule has 0 aliphatic carbocycles. The predicted molar refractivity (Wildman–Crippen MR) is 57.7 cm³/mol. The second kappa shape index (κ2) is 4.67. The highest BCUT2D eigenvalue weighted by Gasteiger charge is 2.21. The van der Waals surface area contributed by atoms with Crippen LogP contribution >= 0.6 is 11.5 Å². The van der Waals surface area contributed by atoms with E-state index < -0.39 is 0 Å². The lowest BCUT2D eigenvalue weighted by molar-refractivity contribution is -0.135. The number of piperazine rings is 1. The van der Waals surface area contributed by atoms with Gasteiger partial charge in [0.1, 0.15) is 11.3 Å². The van der Waals surface area contributed by atoms with Crippen molar-refractivity contribution >= 4 is 17.4 Å². The summed E-state index contributed by atoms with van der Waals surface area (Å²) in [6.45, 7) is 3.05. The van der Waals surface area contributed by atoms with Crippen LogP contribution in [0, 0.1) is 0 Å². The van der Waals surface area contributed by atoms with Gasteiger partial charge in [-0.05, 0) is 18.6 Å². The summed E-state index contributed by atoms with van der Waals surface area (Å²) in [6.07, 6.45) is 0.763. The Hall–Kier alpha value is -1.01. The molecule has 82 valence electrons. The zero-order valence-corrected chi connectivity index (χ0v) is 9.53. The van der Waals surface area contributed by atoms with Crippen LogP contribution in [0.25, 0.3) is 0 Å². The van der Waals surface area contributed by atoms with Crippen LogP contribution in [0.5, 0.6) is 0 Å². The number of carbonyl (C=O) groups excluding carboxylic acids is 1. The second-order valence-corrected chi connectivity index (χ2v) is 4.32. The summed E-state index contributed by atoms with van der Waals surface area (Å²) in [6, 6.07) is 0. The third-order valence-electron chi connectivity index (χ3n) is 2.52. The van der Waals surface area contributed by atoms with E-state index in [-0.39, 0.29) is 5.91 Å². The normalized spacial score (nSPS) is 18.5. The molecular formula is C9H14N4OS. The summed E-state index contributed by atoms with van der Waals surface area (Å²) >= 11 is 1.35. The molecule has 1 aliphatic rings. The van der Waals surface area contributed by atoms with Gasteiger partial charge >= 0.3 is 0 Å².